The summed E-state index contributed by atoms with van der Waals surface area (Å²) in [6.07, 6.45) is 1.49. The van der Waals surface area contributed by atoms with Crippen LogP contribution in [0.3, 0.4) is 0 Å². The van der Waals surface area contributed by atoms with Crippen LogP contribution in [0.25, 0.3) is 0 Å². The predicted octanol–water partition coefficient (Wildman–Crippen LogP) is 0.753. The highest BCUT2D eigenvalue weighted by Gasteiger charge is 2.19. The van der Waals surface area contributed by atoms with Gasteiger partial charge in [0, 0.05) is 25.6 Å². The van der Waals surface area contributed by atoms with Gasteiger partial charge in [-0.25, -0.2) is 4.79 Å². The first-order valence-corrected chi connectivity index (χ1v) is 5.97. The van der Waals surface area contributed by atoms with Crippen molar-refractivity contribution in [3.63, 3.8) is 0 Å². The fourth-order valence-corrected chi connectivity index (χ4v) is 1.99. The lowest BCUT2D eigenvalue weighted by Crippen LogP contribution is -2.35. The molecule has 1 fully saturated rings. The Morgan fingerprint density at radius 1 is 1.39 bits per heavy atom. The zero-order chi connectivity index (χ0) is 13.0. The van der Waals surface area contributed by atoms with E-state index >= 15 is 0 Å². The Labute approximate surface area is 105 Å². The average Bonchev–Trinajstić information content (AvgIpc) is 2.76. The molecule has 5 heteroatoms. The van der Waals surface area contributed by atoms with Crippen molar-refractivity contribution in [2.24, 2.45) is 0 Å². The Morgan fingerprint density at radius 2 is 2.11 bits per heavy atom. The summed E-state index contributed by atoms with van der Waals surface area (Å²) in [4.78, 5) is 21.7. The number of aromatic carboxylic acids is 1. The lowest BCUT2D eigenvalue weighted by Gasteiger charge is -2.11. The summed E-state index contributed by atoms with van der Waals surface area (Å²) in [5.41, 5.74) is 1.33. The topological polar surface area (TPSA) is 78.4 Å². The molecule has 1 unspecified atom stereocenters. The number of carbonyl (C=O) groups excluding carboxylic acids is 1. The van der Waals surface area contributed by atoms with E-state index in [4.69, 9.17) is 5.11 Å². The molecule has 1 saturated heterocycles. The third-order valence-electron chi connectivity index (χ3n) is 3.01. The van der Waals surface area contributed by atoms with Gasteiger partial charge in [0.25, 0.3) is 0 Å². The van der Waals surface area contributed by atoms with Gasteiger partial charge in [0.2, 0.25) is 5.91 Å². The van der Waals surface area contributed by atoms with Crippen molar-refractivity contribution in [3.05, 3.63) is 35.4 Å². The van der Waals surface area contributed by atoms with Crippen molar-refractivity contribution in [2.45, 2.75) is 25.4 Å². The average molecular weight is 248 g/mol. The zero-order valence-corrected chi connectivity index (χ0v) is 9.98. The Balaban J connectivity index is 1.76. The van der Waals surface area contributed by atoms with E-state index in [9.17, 15) is 9.59 Å². The van der Waals surface area contributed by atoms with Crippen LogP contribution in [0.2, 0.25) is 0 Å². The molecule has 1 aliphatic heterocycles. The summed E-state index contributed by atoms with van der Waals surface area (Å²) in [5.74, 6) is -0.796. The fraction of sp³-hybridized carbons (Fsp3) is 0.385. The molecule has 1 heterocycles. The molecule has 0 bridgehead atoms. The van der Waals surface area contributed by atoms with Gasteiger partial charge in [-0.1, -0.05) is 12.1 Å². The summed E-state index contributed by atoms with van der Waals surface area (Å²) in [6, 6.07) is 7.00. The Kier molecular flexibility index (Phi) is 3.94. The molecule has 1 amide bonds. The van der Waals surface area contributed by atoms with Crippen molar-refractivity contribution in [1.29, 1.82) is 0 Å². The lowest BCUT2D eigenvalue weighted by molar-refractivity contribution is -0.119. The van der Waals surface area contributed by atoms with E-state index in [0.29, 0.717) is 18.5 Å². The number of carboxylic acids is 1. The minimum Gasteiger partial charge on any atom is -0.478 e. The maximum Gasteiger partial charge on any atom is 0.335 e. The van der Waals surface area contributed by atoms with Crippen molar-refractivity contribution in [3.8, 4) is 0 Å². The summed E-state index contributed by atoms with van der Waals surface area (Å²) < 4.78 is 0. The molecule has 1 aliphatic rings. The van der Waals surface area contributed by atoms with Crippen LogP contribution in [0.4, 0.5) is 0 Å². The molecular weight excluding hydrogens is 232 g/mol. The number of amides is 1. The first kappa shape index (κ1) is 12.6. The van der Waals surface area contributed by atoms with E-state index < -0.39 is 5.97 Å². The quantitative estimate of drug-likeness (QED) is 0.718. The zero-order valence-electron chi connectivity index (χ0n) is 9.98. The molecule has 0 spiro atoms. The minimum absolute atomic E-state index is 0.118. The molecule has 0 aliphatic carbocycles. The molecule has 96 valence electrons. The van der Waals surface area contributed by atoms with Gasteiger partial charge in [0.15, 0.2) is 0 Å². The Hall–Kier alpha value is -1.88. The molecule has 0 saturated carbocycles. The summed E-state index contributed by atoms with van der Waals surface area (Å²) >= 11 is 0. The van der Waals surface area contributed by atoms with Crippen LogP contribution in [0, 0.1) is 0 Å². The van der Waals surface area contributed by atoms with Gasteiger partial charge < -0.3 is 15.7 Å². The molecule has 18 heavy (non-hydrogen) atoms. The number of carboxylic acid groups (broad SMARTS) is 1. The van der Waals surface area contributed by atoms with Gasteiger partial charge in [-0.15, -0.1) is 0 Å². The van der Waals surface area contributed by atoms with Gasteiger partial charge in [-0.2, -0.15) is 0 Å². The number of hydrogen-bond acceptors (Lipinski definition) is 3. The minimum atomic E-state index is -0.914. The number of rotatable bonds is 5. The molecule has 0 aromatic heterocycles. The smallest absolute Gasteiger partial charge is 0.335 e. The lowest BCUT2D eigenvalue weighted by atomic mass is 10.1. The molecular formula is C13H16N2O3. The number of nitrogens with one attached hydrogen (secondary N) is 2. The van der Waals surface area contributed by atoms with Crippen LogP contribution in [0.1, 0.15) is 28.8 Å². The van der Waals surface area contributed by atoms with Crippen LogP contribution in [-0.2, 0) is 11.3 Å². The first-order valence-electron chi connectivity index (χ1n) is 5.97. The molecule has 1 aromatic carbocycles. The van der Waals surface area contributed by atoms with Crippen LogP contribution < -0.4 is 10.6 Å². The number of hydrogen-bond donors (Lipinski definition) is 3. The molecule has 1 aromatic rings. The Morgan fingerprint density at radius 3 is 2.67 bits per heavy atom. The third kappa shape index (κ3) is 3.30. The fourth-order valence-electron chi connectivity index (χ4n) is 1.99. The third-order valence-corrected chi connectivity index (χ3v) is 3.01. The Bertz CT molecular complexity index is 442. The van der Waals surface area contributed by atoms with E-state index in [1.54, 1.807) is 24.3 Å². The summed E-state index contributed by atoms with van der Waals surface area (Å²) in [6.45, 7) is 1.42. The normalized spacial score (nSPS) is 18.7. The van der Waals surface area contributed by atoms with Crippen LogP contribution >= 0.6 is 0 Å². The van der Waals surface area contributed by atoms with Crippen LogP contribution in [-0.4, -0.2) is 29.6 Å². The standard InChI is InChI=1S/C13H16N2O3/c16-12-6-5-11(15-12)8-14-7-9-1-3-10(4-2-9)13(17)18/h1-4,11,14H,5-8H2,(H,15,16)(H,17,18). The largest absolute Gasteiger partial charge is 0.478 e. The molecule has 2 rings (SSSR count). The monoisotopic (exact) mass is 248 g/mol. The van der Waals surface area contributed by atoms with Crippen molar-refractivity contribution < 1.29 is 14.7 Å². The predicted molar refractivity (Wildman–Crippen MR) is 66.3 cm³/mol. The highest BCUT2D eigenvalue weighted by Crippen LogP contribution is 2.07. The van der Waals surface area contributed by atoms with Gasteiger partial charge >= 0.3 is 5.97 Å². The van der Waals surface area contributed by atoms with Gasteiger partial charge in [-0.3, -0.25) is 4.79 Å². The van der Waals surface area contributed by atoms with Crippen LogP contribution in [0.15, 0.2) is 24.3 Å². The highest BCUT2D eigenvalue weighted by atomic mass is 16.4. The van der Waals surface area contributed by atoms with Crippen molar-refractivity contribution >= 4 is 11.9 Å². The van der Waals surface area contributed by atoms with E-state index in [-0.39, 0.29) is 11.9 Å². The molecule has 0 radical (unpaired) electrons. The van der Waals surface area contributed by atoms with E-state index in [1.807, 2.05) is 0 Å². The first-order chi connectivity index (χ1) is 8.65. The maximum atomic E-state index is 11.0. The van der Waals surface area contributed by atoms with Gasteiger partial charge in [0.1, 0.15) is 0 Å². The SMILES string of the molecule is O=C1CCC(CNCc2ccc(C(=O)O)cc2)N1. The number of benzene rings is 1. The second-order valence-electron chi connectivity index (χ2n) is 4.44. The molecule has 3 N–H and O–H groups in total. The number of carbonyl (C=O) groups is 2. The second-order valence-corrected chi connectivity index (χ2v) is 4.44. The summed E-state index contributed by atoms with van der Waals surface area (Å²) in [7, 11) is 0. The van der Waals surface area contributed by atoms with E-state index in [1.165, 1.54) is 0 Å². The van der Waals surface area contributed by atoms with Crippen molar-refractivity contribution in [1.82, 2.24) is 10.6 Å². The summed E-state index contributed by atoms with van der Waals surface area (Å²) in [5, 5.41) is 14.9. The van der Waals surface area contributed by atoms with Crippen LogP contribution in [0.5, 0.6) is 0 Å². The van der Waals surface area contributed by atoms with Crippen molar-refractivity contribution in [2.75, 3.05) is 6.54 Å². The molecule has 5 nitrogen and oxygen atoms in total. The van der Waals surface area contributed by atoms with Gasteiger partial charge in [-0.05, 0) is 24.1 Å². The molecule has 1 atom stereocenters. The van der Waals surface area contributed by atoms with Gasteiger partial charge in [0.05, 0.1) is 5.56 Å². The highest BCUT2D eigenvalue weighted by molar-refractivity contribution is 5.87. The van der Waals surface area contributed by atoms with E-state index in [2.05, 4.69) is 10.6 Å². The maximum absolute atomic E-state index is 11.0. The van der Waals surface area contributed by atoms with E-state index in [0.717, 1.165) is 18.5 Å². The second kappa shape index (κ2) is 5.64.